The van der Waals surface area contributed by atoms with Crippen molar-refractivity contribution in [3.05, 3.63) is 83.5 Å². The Morgan fingerprint density at radius 2 is 1.94 bits per heavy atom. The normalized spacial score (nSPS) is 16.8. The van der Waals surface area contributed by atoms with Crippen molar-refractivity contribution in [2.45, 2.75) is 38.3 Å². The average molecular weight is 421 g/mol. The van der Waals surface area contributed by atoms with Crippen LogP contribution in [0.4, 0.5) is 0 Å². The minimum atomic E-state index is -0.597. The van der Waals surface area contributed by atoms with Crippen molar-refractivity contribution < 1.29 is 14.3 Å². The van der Waals surface area contributed by atoms with Crippen molar-refractivity contribution in [3.63, 3.8) is 0 Å². The number of amides is 1. The van der Waals surface area contributed by atoms with Crippen LogP contribution in [0, 0.1) is 6.92 Å². The minimum absolute atomic E-state index is 0.0163. The number of methoxy groups -OCH3 is 2. The van der Waals surface area contributed by atoms with E-state index in [1.165, 1.54) is 16.7 Å². The second kappa shape index (κ2) is 9.84. The maximum Gasteiger partial charge on any atom is 0.239 e. The van der Waals surface area contributed by atoms with E-state index >= 15 is 0 Å². The van der Waals surface area contributed by atoms with E-state index in [2.05, 4.69) is 49.2 Å². The van der Waals surface area contributed by atoms with Gasteiger partial charge in [-0.2, -0.15) is 0 Å². The third-order valence-corrected chi connectivity index (χ3v) is 6.21. The summed E-state index contributed by atoms with van der Waals surface area (Å²) in [6, 6.07) is 11.9. The van der Waals surface area contributed by atoms with Gasteiger partial charge >= 0.3 is 0 Å². The van der Waals surface area contributed by atoms with Crippen LogP contribution in [0.5, 0.6) is 11.5 Å². The summed E-state index contributed by atoms with van der Waals surface area (Å²) < 4.78 is 11.1. The molecule has 31 heavy (non-hydrogen) atoms. The van der Waals surface area contributed by atoms with Crippen LogP contribution in [-0.2, 0) is 17.6 Å². The Morgan fingerprint density at radius 1 is 1.26 bits per heavy atom. The van der Waals surface area contributed by atoms with Crippen LogP contribution < -0.4 is 15.2 Å². The van der Waals surface area contributed by atoms with Crippen LogP contribution >= 0.6 is 0 Å². The molecule has 1 aliphatic rings. The molecule has 2 aromatic rings. The van der Waals surface area contributed by atoms with Crippen molar-refractivity contribution in [1.82, 2.24) is 4.90 Å². The van der Waals surface area contributed by atoms with Crippen LogP contribution in [0.2, 0.25) is 0 Å². The van der Waals surface area contributed by atoms with Gasteiger partial charge in [-0.1, -0.05) is 43.5 Å². The summed E-state index contributed by atoms with van der Waals surface area (Å²) in [5, 5.41) is 0. The molecule has 0 saturated carbocycles. The first-order valence-electron chi connectivity index (χ1n) is 10.6. The first-order chi connectivity index (χ1) is 14.9. The van der Waals surface area contributed by atoms with Gasteiger partial charge in [0, 0.05) is 12.6 Å². The van der Waals surface area contributed by atoms with Crippen LogP contribution in [0.3, 0.4) is 0 Å². The third-order valence-electron chi connectivity index (χ3n) is 6.21. The van der Waals surface area contributed by atoms with E-state index < -0.39 is 11.9 Å². The molecule has 5 nitrogen and oxygen atoms in total. The Bertz CT molecular complexity index is 983. The zero-order valence-corrected chi connectivity index (χ0v) is 18.7. The van der Waals surface area contributed by atoms with Crippen LogP contribution in [0.1, 0.15) is 34.7 Å². The highest BCUT2D eigenvalue weighted by Gasteiger charge is 2.36. The molecule has 0 fully saturated rings. The number of hydrogen-bond acceptors (Lipinski definition) is 4. The molecule has 0 bridgehead atoms. The Balaban J connectivity index is 2.05. The van der Waals surface area contributed by atoms with E-state index in [0.717, 1.165) is 24.8 Å². The Kier molecular flexibility index (Phi) is 7.18. The first-order valence-corrected chi connectivity index (χ1v) is 10.6. The van der Waals surface area contributed by atoms with Gasteiger partial charge in [-0.05, 0) is 66.1 Å². The fourth-order valence-electron chi connectivity index (χ4n) is 4.53. The summed E-state index contributed by atoms with van der Waals surface area (Å²) in [6.45, 7) is 10.7. The molecule has 0 aromatic heterocycles. The lowest BCUT2D eigenvalue weighted by molar-refractivity contribution is -0.123. The number of ether oxygens (including phenoxy) is 2. The maximum absolute atomic E-state index is 12.4. The van der Waals surface area contributed by atoms with Gasteiger partial charge in [0.15, 0.2) is 11.5 Å². The quantitative estimate of drug-likeness (QED) is 0.619. The van der Waals surface area contributed by atoms with Crippen molar-refractivity contribution in [2.24, 2.45) is 5.73 Å². The Morgan fingerprint density at radius 3 is 2.55 bits per heavy atom. The first kappa shape index (κ1) is 22.6. The van der Waals surface area contributed by atoms with Crippen molar-refractivity contribution in [1.29, 1.82) is 0 Å². The van der Waals surface area contributed by atoms with Gasteiger partial charge in [0.1, 0.15) is 6.04 Å². The summed E-state index contributed by atoms with van der Waals surface area (Å²) in [5.41, 5.74) is 11.4. The largest absolute Gasteiger partial charge is 0.493 e. The molecule has 0 unspecified atom stereocenters. The molecule has 1 heterocycles. The second-order valence-corrected chi connectivity index (χ2v) is 7.96. The highest BCUT2D eigenvalue weighted by molar-refractivity contribution is 5.84. The second-order valence-electron chi connectivity index (χ2n) is 7.96. The molecule has 3 rings (SSSR count). The van der Waals surface area contributed by atoms with Crippen LogP contribution in [-0.4, -0.2) is 37.6 Å². The molecule has 1 amide bonds. The van der Waals surface area contributed by atoms with Gasteiger partial charge in [0.2, 0.25) is 5.91 Å². The van der Waals surface area contributed by atoms with Crippen molar-refractivity contribution in [3.8, 4) is 11.5 Å². The number of nitrogens with two attached hydrogens (primary N) is 1. The van der Waals surface area contributed by atoms with Crippen LogP contribution in [0.15, 0.2) is 61.2 Å². The average Bonchev–Trinajstić information content (AvgIpc) is 2.77. The maximum atomic E-state index is 12.4. The zero-order chi connectivity index (χ0) is 22.5. The van der Waals surface area contributed by atoms with E-state index in [1.54, 1.807) is 20.3 Å². The Labute approximate surface area is 185 Å². The molecule has 0 radical (unpaired) electrons. The number of primary amides is 1. The van der Waals surface area contributed by atoms with E-state index in [-0.39, 0.29) is 6.04 Å². The van der Waals surface area contributed by atoms with Gasteiger partial charge in [-0.15, -0.1) is 0 Å². The number of rotatable bonds is 9. The lowest BCUT2D eigenvalue weighted by Gasteiger charge is -2.42. The molecule has 2 N–H and O–H groups in total. The van der Waals surface area contributed by atoms with Gasteiger partial charge in [0.25, 0.3) is 0 Å². The molecular weight excluding hydrogens is 388 g/mol. The molecule has 164 valence electrons. The summed E-state index contributed by atoms with van der Waals surface area (Å²) in [4.78, 5) is 14.6. The molecular formula is C26H32N2O3. The molecule has 5 heteroatoms. The number of nitrogens with zero attached hydrogens (tertiary/aromatic N) is 1. The van der Waals surface area contributed by atoms with Gasteiger partial charge in [-0.25, -0.2) is 0 Å². The summed E-state index contributed by atoms with van der Waals surface area (Å²) >= 11 is 0. The fraction of sp³-hybridized carbons (Fsp3) is 0.346. The third kappa shape index (κ3) is 4.67. The van der Waals surface area contributed by atoms with Gasteiger partial charge in [0.05, 0.1) is 14.2 Å². The number of hydrogen-bond donors (Lipinski definition) is 1. The number of carbonyl (C=O) groups excluding carboxylic acids is 1. The lowest BCUT2D eigenvalue weighted by atomic mass is 9.86. The van der Waals surface area contributed by atoms with Gasteiger partial charge in [-0.3, -0.25) is 9.69 Å². The highest BCUT2D eigenvalue weighted by atomic mass is 16.5. The topological polar surface area (TPSA) is 64.8 Å². The number of carbonyl (C=O) groups is 1. The fourth-order valence-corrected chi connectivity index (χ4v) is 4.53. The number of aryl methyl sites for hydroxylation is 2. The predicted octanol–water partition coefficient (Wildman–Crippen LogP) is 4.14. The molecule has 0 saturated heterocycles. The van der Waals surface area contributed by atoms with E-state index in [1.807, 2.05) is 12.1 Å². The number of fused-ring (bicyclic) bond motifs is 1. The highest BCUT2D eigenvalue weighted by Crippen LogP contribution is 2.41. The molecule has 2 atom stereocenters. The molecule has 0 aliphatic carbocycles. The minimum Gasteiger partial charge on any atom is -0.493 e. The summed E-state index contributed by atoms with van der Waals surface area (Å²) in [5.74, 6) is 0.992. The molecule has 1 aliphatic heterocycles. The predicted molar refractivity (Wildman–Crippen MR) is 125 cm³/mol. The summed E-state index contributed by atoms with van der Waals surface area (Å²) in [7, 11) is 3.28. The lowest BCUT2D eigenvalue weighted by Crippen LogP contribution is -2.50. The van der Waals surface area contributed by atoms with Crippen molar-refractivity contribution >= 4 is 5.91 Å². The van der Waals surface area contributed by atoms with E-state index in [4.69, 9.17) is 15.2 Å². The van der Waals surface area contributed by atoms with Crippen molar-refractivity contribution in [2.75, 3.05) is 20.8 Å². The van der Waals surface area contributed by atoms with Crippen LogP contribution in [0.25, 0.3) is 0 Å². The monoisotopic (exact) mass is 420 g/mol. The smallest absolute Gasteiger partial charge is 0.239 e. The Hall–Kier alpha value is -3.05. The molecule has 2 aromatic carbocycles. The van der Waals surface area contributed by atoms with Gasteiger partial charge < -0.3 is 15.2 Å². The SMILES string of the molecule is C=CC(=C)[C@H](C(N)=O)N1CCc2cc(OC)c(OC)cc2[C@@H]1CCc1ccccc1C. The standard InChI is InChI=1S/C26H32N2O3/c1-6-17(2)25(26(27)29)28-14-13-20-15-23(30-4)24(31-5)16-21(20)22(28)12-11-19-10-8-7-9-18(19)3/h6-10,15-16,22,25H,1-2,11-14H2,3-5H3,(H2,27,29)/t22-,25+/m0/s1. The zero-order valence-electron chi connectivity index (χ0n) is 18.7. The molecule has 0 spiro atoms. The van der Waals surface area contributed by atoms with E-state index in [0.29, 0.717) is 23.6 Å². The van der Waals surface area contributed by atoms with E-state index in [9.17, 15) is 4.79 Å². The number of benzene rings is 2. The summed E-state index contributed by atoms with van der Waals surface area (Å²) in [6.07, 6.45) is 4.12.